The highest BCUT2D eigenvalue weighted by molar-refractivity contribution is 7.99. The quantitative estimate of drug-likeness (QED) is 0.921. The van der Waals surface area contributed by atoms with E-state index < -0.39 is 5.97 Å². The molecule has 0 atom stereocenters. The van der Waals surface area contributed by atoms with Crippen LogP contribution < -0.4 is 0 Å². The monoisotopic (exact) mass is 265 g/mol. The van der Waals surface area contributed by atoms with E-state index >= 15 is 0 Å². The molecule has 0 aliphatic rings. The number of carboxylic acid groups (broad SMARTS) is 1. The Balaban J connectivity index is 2.28. The van der Waals surface area contributed by atoms with E-state index in [1.54, 1.807) is 12.1 Å². The molecule has 0 saturated carbocycles. The Labute approximate surface area is 107 Å². The maximum Gasteiger partial charge on any atom is 0.354 e. The van der Waals surface area contributed by atoms with Crippen LogP contribution in [0.5, 0.6) is 0 Å². The van der Waals surface area contributed by atoms with Gasteiger partial charge < -0.3 is 5.11 Å². The molecule has 0 amide bonds. The van der Waals surface area contributed by atoms with Crippen LogP contribution in [0.1, 0.15) is 10.5 Å². The number of rotatable bonds is 3. The number of hydrogen-bond acceptors (Lipinski definition) is 3. The molecule has 0 saturated heterocycles. The average molecular weight is 266 g/mol. The molecule has 86 valence electrons. The lowest BCUT2D eigenvalue weighted by atomic mass is 10.3. The van der Waals surface area contributed by atoms with Crippen molar-refractivity contribution in [3.05, 3.63) is 53.3 Å². The SMILES string of the molecule is O=C(O)c1cc(Sc2ccccc2Cl)ccn1. The number of halogens is 1. The highest BCUT2D eigenvalue weighted by Gasteiger charge is 2.07. The van der Waals surface area contributed by atoms with Gasteiger partial charge in [0.2, 0.25) is 0 Å². The predicted octanol–water partition coefficient (Wildman–Crippen LogP) is 3.58. The molecular weight excluding hydrogens is 258 g/mol. The van der Waals surface area contributed by atoms with Gasteiger partial charge in [-0.2, -0.15) is 0 Å². The van der Waals surface area contributed by atoms with Crippen LogP contribution in [-0.2, 0) is 0 Å². The third-order valence-electron chi connectivity index (χ3n) is 2.01. The van der Waals surface area contributed by atoms with Gasteiger partial charge in [-0.15, -0.1) is 0 Å². The van der Waals surface area contributed by atoms with Crippen molar-refractivity contribution in [2.45, 2.75) is 9.79 Å². The largest absolute Gasteiger partial charge is 0.477 e. The molecule has 2 rings (SSSR count). The minimum Gasteiger partial charge on any atom is -0.477 e. The van der Waals surface area contributed by atoms with Gasteiger partial charge in [-0.25, -0.2) is 9.78 Å². The highest BCUT2D eigenvalue weighted by atomic mass is 35.5. The van der Waals surface area contributed by atoms with E-state index in [-0.39, 0.29) is 5.69 Å². The maximum atomic E-state index is 10.8. The molecule has 2 aromatic rings. The van der Waals surface area contributed by atoms with Crippen LogP contribution in [0.2, 0.25) is 5.02 Å². The molecule has 1 heterocycles. The smallest absolute Gasteiger partial charge is 0.354 e. The topological polar surface area (TPSA) is 50.2 Å². The molecule has 0 aliphatic carbocycles. The number of carbonyl (C=O) groups is 1. The molecular formula is C12H8ClNO2S. The van der Waals surface area contributed by atoms with Gasteiger partial charge in [0.15, 0.2) is 0 Å². The number of benzene rings is 1. The van der Waals surface area contributed by atoms with Gasteiger partial charge in [0.05, 0.1) is 5.02 Å². The van der Waals surface area contributed by atoms with Gasteiger partial charge in [0.25, 0.3) is 0 Å². The summed E-state index contributed by atoms with van der Waals surface area (Å²) in [5.74, 6) is -1.04. The predicted molar refractivity (Wildman–Crippen MR) is 66.8 cm³/mol. The summed E-state index contributed by atoms with van der Waals surface area (Å²) in [7, 11) is 0. The van der Waals surface area contributed by atoms with E-state index in [9.17, 15) is 4.79 Å². The van der Waals surface area contributed by atoms with Crippen LogP contribution >= 0.6 is 23.4 Å². The number of nitrogens with zero attached hydrogens (tertiary/aromatic N) is 1. The number of carboxylic acids is 1. The van der Waals surface area contributed by atoms with Crippen LogP contribution in [-0.4, -0.2) is 16.1 Å². The molecule has 1 aromatic carbocycles. The maximum absolute atomic E-state index is 10.8. The third kappa shape index (κ3) is 2.99. The zero-order valence-electron chi connectivity index (χ0n) is 8.63. The Morgan fingerprint density at radius 3 is 2.76 bits per heavy atom. The van der Waals surface area contributed by atoms with Crippen molar-refractivity contribution in [1.82, 2.24) is 4.98 Å². The fraction of sp³-hybridized carbons (Fsp3) is 0. The summed E-state index contributed by atoms with van der Waals surface area (Å²) in [5, 5.41) is 9.48. The summed E-state index contributed by atoms with van der Waals surface area (Å²) in [6, 6.07) is 10.7. The summed E-state index contributed by atoms with van der Waals surface area (Å²) in [4.78, 5) is 16.2. The van der Waals surface area contributed by atoms with Crippen molar-refractivity contribution in [2.24, 2.45) is 0 Å². The first-order valence-corrected chi connectivity index (χ1v) is 5.98. The molecule has 1 N–H and O–H groups in total. The van der Waals surface area contributed by atoms with Crippen molar-refractivity contribution < 1.29 is 9.90 Å². The fourth-order valence-electron chi connectivity index (χ4n) is 1.25. The van der Waals surface area contributed by atoms with Crippen molar-refractivity contribution in [3.8, 4) is 0 Å². The second-order valence-corrected chi connectivity index (χ2v) is 4.74. The lowest BCUT2D eigenvalue weighted by Crippen LogP contribution is -1.99. The molecule has 0 bridgehead atoms. The number of pyridine rings is 1. The highest BCUT2D eigenvalue weighted by Crippen LogP contribution is 2.32. The van der Waals surface area contributed by atoms with E-state index in [0.29, 0.717) is 5.02 Å². The summed E-state index contributed by atoms with van der Waals surface area (Å²) >= 11 is 7.43. The van der Waals surface area contributed by atoms with Gasteiger partial charge in [-0.3, -0.25) is 0 Å². The number of aromatic carboxylic acids is 1. The van der Waals surface area contributed by atoms with Gasteiger partial charge in [-0.05, 0) is 24.3 Å². The minimum atomic E-state index is -1.04. The van der Waals surface area contributed by atoms with Crippen molar-refractivity contribution in [2.75, 3.05) is 0 Å². The molecule has 0 unspecified atom stereocenters. The standard InChI is InChI=1S/C12H8ClNO2S/c13-9-3-1-2-4-11(9)17-8-5-6-14-10(7-8)12(15)16/h1-7H,(H,15,16). The van der Waals surface area contributed by atoms with Gasteiger partial charge in [0, 0.05) is 16.0 Å². The van der Waals surface area contributed by atoms with Gasteiger partial charge in [0.1, 0.15) is 5.69 Å². The summed E-state index contributed by atoms with van der Waals surface area (Å²) in [6.07, 6.45) is 1.47. The van der Waals surface area contributed by atoms with Crippen LogP contribution in [0.3, 0.4) is 0 Å². The third-order valence-corrected chi connectivity index (χ3v) is 3.52. The molecule has 3 nitrogen and oxygen atoms in total. The summed E-state index contributed by atoms with van der Waals surface area (Å²) in [5.41, 5.74) is 0.0297. The first-order valence-electron chi connectivity index (χ1n) is 4.78. The van der Waals surface area contributed by atoms with Crippen molar-refractivity contribution in [3.63, 3.8) is 0 Å². The van der Waals surface area contributed by atoms with Crippen LogP contribution in [0.25, 0.3) is 0 Å². The summed E-state index contributed by atoms with van der Waals surface area (Å²) < 4.78 is 0. The normalized spacial score (nSPS) is 10.2. The molecule has 0 spiro atoms. The van der Waals surface area contributed by atoms with E-state index in [0.717, 1.165) is 9.79 Å². The average Bonchev–Trinajstić information content (AvgIpc) is 2.32. The van der Waals surface area contributed by atoms with E-state index in [1.807, 2.05) is 18.2 Å². The van der Waals surface area contributed by atoms with E-state index in [2.05, 4.69) is 4.98 Å². The Bertz CT molecular complexity index is 560. The number of aromatic nitrogens is 1. The van der Waals surface area contributed by atoms with E-state index in [4.69, 9.17) is 16.7 Å². The fourth-order valence-corrected chi connectivity index (χ4v) is 2.36. The molecule has 5 heteroatoms. The van der Waals surface area contributed by atoms with Crippen molar-refractivity contribution >= 4 is 29.3 Å². The second kappa shape index (κ2) is 5.21. The second-order valence-electron chi connectivity index (χ2n) is 3.21. The Morgan fingerprint density at radius 2 is 2.06 bits per heavy atom. The lowest BCUT2D eigenvalue weighted by molar-refractivity contribution is 0.0690. The Kier molecular flexibility index (Phi) is 3.66. The molecule has 0 fully saturated rings. The molecule has 0 aliphatic heterocycles. The van der Waals surface area contributed by atoms with Crippen LogP contribution in [0.4, 0.5) is 0 Å². The lowest BCUT2D eigenvalue weighted by Gasteiger charge is -2.04. The van der Waals surface area contributed by atoms with Gasteiger partial charge in [-0.1, -0.05) is 35.5 Å². The molecule has 17 heavy (non-hydrogen) atoms. The Hall–Kier alpha value is -1.52. The van der Waals surface area contributed by atoms with Crippen LogP contribution in [0, 0.1) is 0 Å². The summed E-state index contributed by atoms with van der Waals surface area (Å²) in [6.45, 7) is 0. The molecule has 0 radical (unpaired) electrons. The van der Waals surface area contributed by atoms with Gasteiger partial charge >= 0.3 is 5.97 Å². The first-order chi connectivity index (χ1) is 8.16. The first kappa shape index (κ1) is 12.0. The van der Waals surface area contributed by atoms with Crippen molar-refractivity contribution in [1.29, 1.82) is 0 Å². The zero-order valence-corrected chi connectivity index (χ0v) is 10.2. The zero-order chi connectivity index (χ0) is 12.3. The van der Waals surface area contributed by atoms with Crippen LogP contribution in [0.15, 0.2) is 52.4 Å². The number of hydrogen-bond donors (Lipinski definition) is 1. The molecule has 1 aromatic heterocycles. The van der Waals surface area contributed by atoms with E-state index in [1.165, 1.54) is 24.0 Å². The Morgan fingerprint density at radius 1 is 1.29 bits per heavy atom. The minimum absolute atomic E-state index is 0.0297.